The molecule has 106 valence electrons. The van der Waals surface area contributed by atoms with E-state index in [-0.39, 0.29) is 17.7 Å². The molecular weight excluding hydrogens is 249 g/mol. The average molecular weight is 269 g/mol. The average Bonchev–Trinajstić information content (AvgIpc) is 2.26. The van der Waals surface area contributed by atoms with Gasteiger partial charge in [0.1, 0.15) is 11.6 Å². The number of hydrogen-bond acceptors (Lipinski definition) is 3. The summed E-state index contributed by atoms with van der Waals surface area (Å²) in [7, 11) is 0. The Morgan fingerprint density at radius 3 is 2.53 bits per heavy atom. The van der Waals surface area contributed by atoms with E-state index in [0.717, 1.165) is 0 Å². The third-order valence-electron chi connectivity index (χ3n) is 2.95. The first-order valence-corrected chi connectivity index (χ1v) is 6.14. The van der Waals surface area contributed by atoms with Crippen LogP contribution >= 0.6 is 0 Å². The van der Waals surface area contributed by atoms with Gasteiger partial charge in [-0.3, -0.25) is 9.69 Å². The first-order chi connectivity index (χ1) is 8.70. The molecule has 0 heterocycles. The first-order valence-electron chi connectivity index (χ1n) is 6.14. The molecule has 0 aromatic heterocycles. The number of aliphatic carboxylic acids is 1. The van der Waals surface area contributed by atoms with Crippen molar-refractivity contribution in [1.29, 1.82) is 0 Å². The fourth-order valence-electron chi connectivity index (χ4n) is 1.77. The van der Waals surface area contributed by atoms with Gasteiger partial charge in [0, 0.05) is 24.2 Å². The van der Waals surface area contributed by atoms with E-state index >= 15 is 0 Å². The molecule has 1 aromatic rings. The van der Waals surface area contributed by atoms with Crippen LogP contribution in [0.15, 0.2) is 18.2 Å². The summed E-state index contributed by atoms with van der Waals surface area (Å²) in [6.07, 6.45) is 0.00729. The predicted octanol–water partition coefficient (Wildman–Crippen LogP) is 2.61. The number of nitrogens with zero attached hydrogens (tertiary/aromatic N) is 1. The molecule has 0 fully saturated rings. The summed E-state index contributed by atoms with van der Waals surface area (Å²) >= 11 is 0. The minimum absolute atomic E-state index is 0.00729. The maximum Gasteiger partial charge on any atom is 0.304 e. The van der Waals surface area contributed by atoms with Crippen molar-refractivity contribution >= 4 is 5.97 Å². The van der Waals surface area contributed by atoms with Crippen molar-refractivity contribution in [3.05, 3.63) is 29.6 Å². The Bertz CT molecular complexity index is 454. The van der Waals surface area contributed by atoms with E-state index in [9.17, 15) is 14.3 Å². The van der Waals surface area contributed by atoms with Crippen LogP contribution < -0.4 is 0 Å². The van der Waals surface area contributed by atoms with Gasteiger partial charge in [0.05, 0.1) is 6.42 Å². The zero-order valence-electron chi connectivity index (χ0n) is 11.5. The number of carboxylic acids is 1. The molecule has 19 heavy (non-hydrogen) atoms. The molecule has 4 nitrogen and oxygen atoms in total. The van der Waals surface area contributed by atoms with E-state index in [1.165, 1.54) is 18.2 Å². The number of halogens is 1. The Balaban J connectivity index is 2.88. The lowest BCUT2D eigenvalue weighted by Crippen LogP contribution is -2.42. The quantitative estimate of drug-likeness (QED) is 0.862. The summed E-state index contributed by atoms with van der Waals surface area (Å²) in [6.45, 7) is 6.50. The maximum absolute atomic E-state index is 13.2. The molecule has 0 bridgehead atoms. The summed E-state index contributed by atoms with van der Waals surface area (Å²) in [4.78, 5) is 12.6. The van der Waals surface area contributed by atoms with Gasteiger partial charge < -0.3 is 10.2 Å². The van der Waals surface area contributed by atoms with E-state index in [2.05, 4.69) is 0 Å². The number of carboxylic acid groups (broad SMARTS) is 1. The van der Waals surface area contributed by atoms with Crippen LogP contribution in [0.25, 0.3) is 0 Å². The SMILES string of the molecule is CC(C)(C)N(CCC(=O)O)Cc1cc(F)ccc1O. The largest absolute Gasteiger partial charge is 0.508 e. The minimum Gasteiger partial charge on any atom is -0.508 e. The van der Waals surface area contributed by atoms with Crippen LogP contribution in [0.3, 0.4) is 0 Å². The van der Waals surface area contributed by atoms with Crippen molar-refractivity contribution in [2.24, 2.45) is 0 Å². The highest BCUT2D eigenvalue weighted by molar-refractivity contribution is 5.66. The Labute approximate surface area is 112 Å². The molecule has 2 N–H and O–H groups in total. The van der Waals surface area contributed by atoms with E-state index in [4.69, 9.17) is 5.11 Å². The van der Waals surface area contributed by atoms with Crippen LogP contribution in [0, 0.1) is 5.82 Å². The second-order valence-electron chi connectivity index (χ2n) is 5.51. The van der Waals surface area contributed by atoms with Crippen LogP contribution in [0.5, 0.6) is 5.75 Å². The molecule has 0 radical (unpaired) electrons. The van der Waals surface area contributed by atoms with Gasteiger partial charge in [-0.1, -0.05) is 0 Å². The maximum atomic E-state index is 13.2. The third-order valence-corrected chi connectivity index (χ3v) is 2.95. The summed E-state index contributed by atoms with van der Waals surface area (Å²) in [5.74, 6) is -1.27. The lowest BCUT2D eigenvalue weighted by molar-refractivity contribution is -0.137. The summed E-state index contributed by atoms with van der Waals surface area (Å²) in [6, 6.07) is 3.77. The third kappa shape index (κ3) is 4.87. The molecule has 1 aromatic carbocycles. The Morgan fingerprint density at radius 1 is 1.37 bits per heavy atom. The fraction of sp³-hybridized carbons (Fsp3) is 0.500. The Morgan fingerprint density at radius 2 is 2.00 bits per heavy atom. The van der Waals surface area contributed by atoms with Gasteiger partial charge >= 0.3 is 5.97 Å². The van der Waals surface area contributed by atoms with Crippen molar-refractivity contribution in [1.82, 2.24) is 4.90 Å². The van der Waals surface area contributed by atoms with Gasteiger partial charge in [-0.2, -0.15) is 0 Å². The number of rotatable bonds is 5. The molecule has 0 amide bonds. The molecule has 0 spiro atoms. The van der Waals surface area contributed by atoms with Gasteiger partial charge in [-0.15, -0.1) is 0 Å². The Hall–Kier alpha value is -1.62. The van der Waals surface area contributed by atoms with Gasteiger partial charge in [0.15, 0.2) is 0 Å². The zero-order chi connectivity index (χ0) is 14.6. The van der Waals surface area contributed by atoms with Crippen molar-refractivity contribution in [2.45, 2.75) is 39.3 Å². The lowest BCUT2D eigenvalue weighted by Gasteiger charge is -2.35. The number of phenols is 1. The summed E-state index contributed by atoms with van der Waals surface area (Å²) in [5.41, 5.74) is 0.189. The number of hydrogen-bond donors (Lipinski definition) is 2. The molecule has 5 heteroatoms. The van der Waals surface area contributed by atoms with E-state index in [1.807, 2.05) is 25.7 Å². The van der Waals surface area contributed by atoms with Crippen molar-refractivity contribution in [3.8, 4) is 5.75 Å². The standard InChI is InChI=1S/C14H20FNO3/c1-14(2,3)16(7-6-13(18)19)9-10-8-11(15)4-5-12(10)17/h4-5,8,17H,6-7,9H2,1-3H3,(H,18,19). The van der Waals surface area contributed by atoms with Crippen LogP contribution in [0.1, 0.15) is 32.8 Å². The van der Waals surface area contributed by atoms with Gasteiger partial charge in [0.25, 0.3) is 0 Å². The molecule has 0 aliphatic carbocycles. The normalized spacial score (nSPS) is 11.8. The predicted molar refractivity (Wildman–Crippen MR) is 70.5 cm³/mol. The summed E-state index contributed by atoms with van der Waals surface area (Å²) < 4.78 is 13.2. The van der Waals surface area contributed by atoms with Crippen molar-refractivity contribution < 1.29 is 19.4 Å². The van der Waals surface area contributed by atoms with E-state index in [0.29, 0.717) is 18.7 Å². The fourth-order valence-corrected chi connectivity index (χ4v) is 1.77. The van der Waals surface area contributed by atoms with E-state index < -0.39 is 11.8 Å². The van der Waals surface area contributed by atoms with Crippen LogP contribution in [0.4, 0.5) is 4.39 Å². The number of phenolic OH excluding ortho intramolecular Hbond substituents is 1. The van der Waals surface area contributed by atoms with E-state index in [1.54, 1.807) is 0 Å². The topological polar surface area (TPSA) is 60.8 Å². The summed E-state index contributed by atoms with van der Waals surface area (Å²) in [5, 5.41) is 18.5. The number of carbonyl (C=O) groups is 1. The Kier molecular flexibility index (Phi) is 4.89. The van der Waals surface area contributed by atoms with Gasteiger partial charge in [-0.05, 0) is 39.0 Å². The molecule has 0 aliphatic heterocycles. The second-order valence-corrected chi connectivity index (χ2v) is 5.51. The van der Waals surface area contributed by atoms with Gasteiger partial charge in [-0.25, -0.2) is 4.39 Å². The smallest absolute Gasteiger partial charge is 0.304 e. The lowest BCUT2D eigenvalue weighted by atomic mass is 10.0. The molecular formula is C14H20FNO3. The van der Waals surface area contributed by atoms with Crippen LogP contribution in [0.2, 0.25) is 0 Å². The zero-order valence-corrected chi connectivity index (χ0v) is 11.5. The molecule has 0 saturated carbocycles. The van der Waals surface area contributed by atoms with Crippen LogP contribution in [-0.4, -0.2) is 33.2 Å². The van der Waals surface area contributed by atoms with Crippen molar-refractivity contribution in [2.75, 3.05) is 6.54 Å². The highest BCUT2D eigenvalue weighted by Gasteiger charge is 2.23. The molecule has 1 rings (SSSR count). The highest BCUT2D eigenvalue weighted by atomic mass is 19.1. The monoisotopic (exact) mass is 269 g/mol. The number of aromatic hydroxyl groups is 1. The second kappa shape index (κ2) is 6.02. The minimum atomic E-state index is -0.877. The molecule has 0 unspecified atom stereocenters. The van der Waals surface area contributed by atoms with Crippen molar-refractivity contribution in [3.63, 3.8) is 0 Å². The van der Waals surface area contributed by atoms with Gasteiger partial charge in [0.2, 0.25) is 0 Å². The highest BCUT2D eigenvalue weighted by Crippen LogP contribution is 2.24. The first kappa shape index (κ1) is 15.4. The number of benzene rings is 1. The molecule has 0 atom stereocenters. The van der Waals surface area contributed by atoms with Crippen LogP contribution in [-0.2, 0) is 11.3 Å². The molecule has 0 saturated heterocycles. The molecule has 0 aliphatic rings.